The molecule has 1 N–H and O–H groups in total. The van der Waals surface area contributed by atoms with Crippen molar-refractivity contribution in [1.29, 1.82) is 0 Å². The van der Waals surface area contributed by atoms with Crippen molar-refractivity contribution in [3.8, 4) is 5.75 Å². The molecule has 2 saturated carbocycles. The molecule has 1 aromatic carbocycles. The minimum Gasteiger partial charge on any atom is -0.490 e. The van der Waals surface area contributed by atoms with E-state index in [-0.39, 0.29) is 12.0 Å². The number of nitrogens with one attached hydrogen (secondary N) is 1. The van der Waals surface area contributed by atoms with Crippen LogP contribution in [-0.2, 0) is 0 Å². The van der Waals surface area contributed by atoms with Gasteiger partial charge in [-0.05, 0) is 62.6 Å². The Morgan fingerprint density at radius 1 is 1.18 bits per heavy atom. The molecule has 0 spiro atoms. The number of nitrogens with zero attached hydrogens (tertiary/aromatic N) is 5. The number of amides is 1. The van der Waals surface area contributed by atoms with Gasteiger partial charge in [-0.25, -0.2) is 4.98 Å². The second-order valence-electron chi connectivity index (χ2n) is 9.31. The average molecular weight is 445 g/mol. The lowest BCUT2D eigenvalue weighted by molar-refractivity contribution is 0.102. The van der Waals surface area contributed by atoms with Crippen LogP contribution in [0, 0.1) is 5.92 Å². The van der Waals surface area contributed by atoms with Gasteiger partial charge in [-0.15, -0.1) is 0 Å². The van der Waals surface area contributed by atoms with Gasteiger partial charge >= 0.3 is 0 Å². The first-order valence-corrected chi connectivity index (χ1v) is 12.0. The Morgan fingerprint density at radius 3 is 2.82 bits per heavy atom. The molecule has 33 heavy (non-hydrogen) atoms. The number of imidazole rings is 1. The van der Waals surface area contributed by atoms with Gasteiger partial charge in [0.05, 0.1) is 29.4 Å². The fourth-order valence-corrected chi connectivity index (χ4v) is 4.81. The molecule has 0 unspecified atom stereocenters. The Labute approximate surface area is 191 Å². The second-order valence-corrected chi connectivity index (χ2v) is 9.31. The highest BCUT2D eigenvalue weighted by Gasteiger charge is 2.28. The van der Waals surface area contributed by atoms with E-state index in [0.717, 1.165) is 42.5 Å². The Balaban J connectivity index is 1.31. The lowest BCUT2D eigenvalue weighted by atomic mass is 9.85. The van der Waals surface area contributed by atoms with Crippen LogP contribution in [-0.4, -0.2) is 36.4 Å². The van der Waals surface area contributed by atoms with Crippen molar-refractivity contribution in [2.24, 2.45) is 5.92 Å². The predicted octanol–water partition coefficient (Wildman–Crippen LogP) is 5.01. The molecule has 2 fully saturated rings. The minimum atomic E-state index is -0.240. The maximum Gasteiger partial charge on any atom is 0.260 e. The van der Waals surface area contributed by atoms with Gasteiger partial charge in [0.1, 0.15) is 5.75 Å². The summed E-state index contributed by atoms with van der Waals surface area (Å²) in [6, 6.07) is 7.91. The summed E-state index contributed by atoms with van der Waals surface area (Å²) in [4.78, 5) is 17.6. The molecule has 3 heterocycles. The molecule has 8 heteroatoms. The molecule has 1 amide bonds. The summed E-state index contributed by atoms with van der Waals surface area (Å²) in [5.41, 5.74) is 2.06. The molecular formula is C25H28N6O2. The third-order valence-corrected chi connectivity index (χ3v) is 6.97. The van der Waals surface area contributed by atoms with Gasteiger partial charge in [-0.1, -0.05) is 13.3 Å². The highest BCUT2D eigenvalue weighted by molar-refractivity contribution is 6.08. The van der Waals surface area contributed by atoms with Gasteiger partial charge in [0.15, 0.2) is 11.5 Å². The Hall–Kier alpha value is -3.42. The topological polar surface area (TPSA) is 86.3 Å². The zero-order valence-electron chi connectivity index (χ0n) is 18.8. The number of carbonyl (C=O) groups is 1. The van der Waals surface area contributed by atoms with Crippen molar-refractivity contribution in [3.05, 3.63) is 48.4 Å². The molecule has 0 bridgehead atoms. The average Bonchev–Trinajstić information content (AvgIpc) is 3.42. The van der Waals surface area contributed by atoms with Crippen molar-refractivity contribution in [1.82, 2.24) is 24.4 Å². The monoisotopic (exact) mass is 444 g/mol. The van der Waals surface area contributed by atoms with E-state index in [9.17, 15) is 4.79 Å². The molecule has 3 aromatic heterocycles. The van der Waals surface area contributed by atoms with E-state index in [0.29, 0.717) is 28.8 Å². The van der Waals surface area contributed by atoms with Crippen LogP contribution < -0.4 is 10.1 Å². The zero-order valence-corrected chi connectivity index (χ0v) is 18.8. The molecule has 2 aliphatic carbocycles. The van der Waals surface area contributed by atoms with Gasteiger partial charge < -0.3 is 10.1 Å². The van der Waals surface area contributed by atoms with E-state index in [1.54, 1.807) is 16.9 Å². The molecular weight excluding hydrogens is 416 g/mol. The second kappa shape index (κ2) is 8.17. The van der Waals surface area contributed by atoms with E-state index >= 15 is 0 Å². The lowest BCUT2D eigenvalue weighted by Gasteiger charge is -2.27. The van der Waals surface area contributed by atoms with Gasteiger partial charge in [-0.3, -0.25) is 9.48 Å². The van der Waals surface area contributed by atoms with Crippen molar-refractivity contribution < 1.29 is 9.53 Å². The fourth-order valence-electron chi connectivity index (χ4n) is 4.81. The molecule has 6 rings (SSSR count). The number of aromatic nitrogens is 5. The van der Waals surface area contributed by atoms with Gasteiger partial charge in [0.2, 0.25) is 0 Å². The number of carbonyl (C=O) groups excluding carboxylic acids is 1. The summed E-state index contributed by atoms with van der Waals surface area (Å²) in [6.07, 6.45) is 13.7. The van der Waals surface area contributed by atoms with Crippen LogP contribution in [0.25, 0.3) is 16.6 Å². The van der Waals surface area contributed by atoms with Crippen molar-refractivity contribution in [3.63, 3.8) is 0 Å². The molecule has 0 aliphatic heterocycles. The van der Waals surface area contributed by atoms with Crippen LogP contribution in [0.2, 0.25) is 0 Å². The van der Waals surface area contributed by atoms with Crippen LogP contribution in [0.5, 0.6) is 5.75 Å². The zero-order chi connectivity index (χ0) is 22.4. The smallest absolute Gasteiger partial charge is 0.260 e. The number of rotatable bonds is 6. The predicted molar refractivity (Wildman–Crippen MR) is 126 cm³/mol. The Bertz CT molecular complexity index is 1310. The summed E-state index contributed by atoms with van der Waals surface area (Å²) >= 11 is 0. The van der Waals surface area contributed by atoms with Gasteiger partial charge in [-0.2, -0.15) is 14.7 Å². The molecule has 0 radical (unpaired) electrons. The normalized spacial score (nSPS) is 20.9. The van der Waals surface area contributed by atoms with E-state index in [1.807, 2.05) is 24.3 Å². The third-order valence-electron chi connectivity index (χ3n) is 6.97. The largest absolute Gasteiger partial charge is 0.490 e. The number of fused-ring (bicyclic) bond motifs is 2. The summed E-state index contributed by atoms with van der Waals surface area (Å²) in [7, 11) is 0. The highest BCUT2D eigenvalue weighted by atomic mass is 16.5. The van der Waals surface area contributed by atoms with E-state index in [4.69, 9.17) is 9.84 Å². The van der Waals surface area contributed by atoms with Crippen molar-refractivity contribution in [2.75, 3.05) is 5.32 Å². The van der Waals surface area contributed by atoms with Crippen LogP contribution >= 0.6 is 0 Å². The van der Waals surface area contributed by atoms with Crippen LogP contribution in [0.15, 0.2) is 42.9 Å². The molecule has 170 valence electrons. The molecule has 0 saturated heterocycles. The first-order valence-electron chi connectivity index (χ1n) is 12.0. The number of benzene rings is 1. The first-order chi connectivity index (χ1) is 16.2. The fraction of sp³-hybridized carbons (Fsp3) is 0.440. The Kier molecular flexibility index (Phi) is 5.00. The number of anilines is 1. The molecule has 0 atom stereocenters. The summed E-state index contributed by atoms with van der Waals surface area (Å²) < 4.78 is 9.85. The molecule has 8 nitrogen and oxygen atoms in total. The third kappa shape index (κ3) is 3.94. The van der Waals surface area contributed by atoms with Crippen LogP contribution in [0.3, 0.4) is 0 Å². The highest BCUT2D eigenvalue weighted by Crippen LogP contribution is 2.36. The lowest BCUT2D eigenvalue weighted by Crippen LogP contribution is -2.18. The minimum absolute atomic E-state index is 0.179. The number of hydrogen-bond acceptors (Lipinski definition) is 5. The first kappa shape index (κ1) is 20.2. The van der Waals surface area contributed by atoms with Crippen molar-refractivity contribution >= 4 is 28.3 Å². The maximum absolute atomic E-state index is 13.3. The van der Waals surface area contributed by atoms with Gasteiger partial charge in [0.25, 0.3) is 5.91 Å². The van der Waals surface area contributed by atoms with Crippen LogP contribution in [0.1, 0.15) is 68.3 Å². The molecule has 2 aliphatic rings. The van der Waals surface area contributed by atoms with E-state index in [1.165, 1.54) is 19.3 Å². The number of ether oxygens (including phenoxy) is 1. The summed E-state index contributed by atoms with van der Waals surface area (Å²) in [5, 5.41) is 13.1. The SMILES string of the molecule is CCC1CCC(n2cc3cc(C(=O)Nc4cnc5cccnn45)c(OC4CC4)cc3n2)CC1. The number of hydrogen-bond donors (Lipinski definition) is 1. The van der Waals surface area contributed by atoms with Crippen LogP contribution in [0.4, 0.5) is 5.82 Å². The summed E-state index contributed by atoms with van der Waals surface area (Å²) in [5.74, 6) is 1.71. The Morgan fingerprint density at radius 2 is 2.03 bits per heavy atom. The quantitative estimate of drug-likeness (QED) is 0.452. The standard InChI is InChI=1S/C25H28N6O2/c1-2-16-5-7-18(8-6-16)30-15-17-12-20(22(13-21(17)29-30)33-19-9-10-19)25(32)28-24-14-26-23-4-3-11-27-31(23)24/h3-4,11-16,18-19H,2,5-10H2,1H3,(H,28,32). The summed E-state index contributed by atoms with van der Waals surface area (Å²) in [6.45, 7) is 2.28. The molecule has 4 aromatic rings. The maximum atomic E-state index is 13.3. The van der Waals surface area contributed by atoms with Crippen molar-refractivity contribution in [2.45, 2.75) is 64.0 Å². The van der Waals surface area contributed by atoms with E-state index in [2.05, 4.69) is 33.2 Å². The van der Waals surface area contributed by atoms with E-state index < -0.39 is 0 Å². The van der Waals surface area contributed by atoms with Gasteiger partial charge in [0, 0.05) is 23.8 Å².